The summed E-state index contributed by atoms with van der Waals surface area (Å²) in [6.07, 6.45) is 2.26. The molecule has 5 heteroatoms. The average Bonchev–Trinajstić information content (AvgIpc) is 3.19. The second-order valence-corrected chi connectivity index (χ2v) is 3.95. The molecule has 0 atom stereocenters. The minimum absolute atomic E-state index is 0.401. The van der Waals surface area contributed by atoms with Gasteiger partial charge in [0.2, 0.25) is 0 Å². The van der Waals surface area contributed by atoms with Gasteiger partial charge in [-0.15, -0.1) is 0 Å². The molecule has 0 saturated heterocycles. The van der Waals surface area contributed by atoms with E-state index in [0.29, 0.717) is 11.9 Å². The Balaban J connectivity index is 2.34. The number of methoxy groups -OCH3 is 2. The van der Waals surface area contributed by atoms with Gasteiger partial charge in [-0.3, -0.25) is 4.99 Å². The quantitative estimate of drug-likeness (QED) is 0.354. The predicted octanol–water partition coefficient (Wildman–Crippen LogP) is 1.08. The molecule has 3 N–H and O–H groups in total. The summed E-state index contributed by atoms with van der Waals surface area (Å²) in [4.78, 5) is 4.50. The molecule has 0 spiro atoms. The van der Waals surface area contributed by atoms with Crippen LogP contribution in [0, 0.1) is 0 Å². The van der Waals surface area contributed by atoms with Crippen LogP contribution >= 0.6 is 0 Å². The number of amidine groups is 1. The number of ether oxygens (including phenoxy) is 2. The summed E-state index contributed by atoms with van der Waals surface area (Å²) in [5, 5.41) is 0. The highest BCUT2D eigenvalue weighted by molar-refractivity contribution is 5.99. The summed E-state index contributed by atoms with van der Waals surface area (Å²) in [5.41, 5.74) is 3.50. The fourth-order valence-electron chi connectivity index (χ4n) is 1.53. The molecular weight excluding hydrogens is 218 g/mol. The summed E-state index contributed by atoms with van der Waals surface area (Å²) in [7, 11) is 3.23. The SMILES string of the molecule is COc1cc(OC)cc(C(=NC2CC2)NN)c1. The third-order valence-electron chi connectivity index (χ3n) is 2.62. The maximum Gasteiger partial charge on any atom is 0.143 e. The molecule has 0 radical (unpaired) electrons. The number of rotatable bonds is 4. The van der Waals surface area contributed by atoms with Gasteiger partial charge in [0, 0.05) is 11.6 Å². The number of nitrogens with zero attached hydrogens (tertiary/aromatic N) is 1. The van der Waals surface area contributed by atoms with Gasteiger partial charge < -0.3 is 14.9 Å². The smallest absolute Gasteiger partial charge is 0.143 e. The molecule has 17 heavy (non-hydrogen) atoms. The molecule has 1 aromatic rings. The van der Waals surface area contributed by atoms with Gasteiger partial charge in [-0.25, -0.2) is 5.84 Å². The molecule has 0 unspecified atom stereocenters. The molecule has 0 amide bonds. The second-order valence-electron chi connectivity index (χ2n) is 3.95. The van der Waals surface area contributed by atoms with E-state index in [2.05, 4.69) is 10.4 Å². The molecule has 5 nitrogen and oxygen atoms in total. The molecule has 2 rings (SSSR count). The van der Waals surface area contributed by atoms with Gasteiger partial charge in [-0.05, 0) is 25.0 Å². The van der Waals surface area contributed by atoms with Crippen molar-refractivity contribution in [3.8, 4) is 11.5 Å². The van der Waals surface area contributed by atoms with E-state index >= 15 is 0 Å². The third kappa shape index (κ3) is 2.88. The van der Waals surface area contributed by atoms with E-state index < -0.39 is 0 Å². The van der Waals surface area contributed by atoms with E-state index in [1.807, 2.05) is 18.2 Å². The second kappa shape index (κ2) is 5.05. The van der Waals surface area contributed by atoms with Crippen LogP contribution in [0.3, 0.4) is 0 Å². The van der Waals surface area contributed by atoms with Crippen LogP contribution < -0.4 is 20.7 Å². The van der Waals surface area contributed by atoms with Crippen molar-refractivity contribution < 1.29 is 9.47 Å². The van der Waals surface area contributed by atoms with Gasteiger partial charge in [-0.2, -0.15) is 0 Å². The summed E-state index contributed by atoms with van der Waals surface area (Å²) in [6.45, 7) is 0. The largest absolute Gasteiger partial charge is 0.497 e. The maximum atomic E-state index is 5.50. The molecule has 92 valence electrons. The number of aliphatic imine (C=N–C) groups is 1. The number of hydrogen-bond donors (Lipinski definition) is 2. The standard InChI is InChI=1S/C12H17N3O2/c1-16-10-5-8(6-11(7-10)17-2)12(15-13)14-9-3-4-9/h5-7,9H,3-4,13H2,1-2H3,(H,14,15). The third-order valence-corrected chi connectivity index (χ3v) is 2.62. The minimum atomic E-state index is 0.401. The van der Waals surface area contributed by atoms with Crippen LogP contribution in [0.1, 0.15) is 18.4 Å². The molecule has 0 aromatic heterocycles. The van der Waals surface area contributed by atoms with Crippen LogP contribution in [0.25, 0.3) is 0 Å². The number of nitrogens with one attached hydrogen (secondary N) is 1. The molecule has 0 aliphatic heterocycles. The Labute approximate surface area is 101 Å². The highest BCUT2D eigenvalue weighted by Gasteiger charge is 2.21. The maximum absolute atomic E-state index is 5.50. The van der Waals surface area contributed by atoms with Crippen LogP contribution in [-0.4, -0.2) is 26.1 Å². The Kier molecular flexibility index (Phi) is 3.49. The van der Waals surface area contributed by atoms with E-state index in [1.165, 1.54) is 0 Å². The first kappa shape index (κ1) is 11.7. The number of nitrogens with two attached hydrogens (primary N) is 1. The van der Waals surface area contributed by atoms with Crippen molar-refractivity contribution in [2.24, 2.45) is 10.8 Å². The van der Waals surface area contributed by atoms with E-state index in [9.17, 15) is 0 Å². The van der Waals surface area contributed by atoms with E-state index in [4.69, 9.17) is 15.3 Å². The van der Waals surface area contributed by atoms with Gasteiger partial charge >= 0.3 is 0 Å². The number of benzene rings is 1. The molecule has 1 aromatic carbocycles. The Hall–Kier alpha value is -1.75. The van der Waals surface area contributed by atoms with Crippen molar-refractivity contribution in [3.63, 3.8) is 0 Å². The zero-order valence-corrected chi connectivity index (χ0v) is 10.1. The fourth-order valence-corrected chi connectivity index (χ4v) is 1.53. The van der Waals surface area contributed by atoms with Gasteiger partial charge in [-0.1, -0.05) is 0 Å². The Bertz CT molecular complexity index is 406. The first-order valence-electron chi connectivity index (χ1n) is 5.54. The van der Waals surface area contributed by atoms with Crippen molar-refractivity contribution in [3.05, 3.63) is 23.8 Å². The van der Waals surface area contributed by atoms with Crippen LogP contribution in [0.5, 0.6) is 11.5 Å². The first-order valence-corrected chi connectivity index (χ1v) is 5.54. The van der Waals surface area contributed by atoms with Crippen molar-refractivity contribution >= 4 is 5.84 Å². The lowest BCUT2D eigenvalue weighted by Gasteiger charge is -2.10. The Morgan fingerprint density at radius 2 is 1.82 bits per heavy atom. The van der Waals surface area contributed by atoms with Crippen molar-refractivity contribution in [2.75, 3.05) is 14.2 Å². The molecule has 0 heterocycles. The average molecular weight is 235 g/mol. The summed E-state index contributed by atoms with van der Waals surface area (Å²) in [6, 6.07) is 5.97. The normalized spacial score (nSPS) is 15.6. The molecule has 0 bridgehead atoms. The molecule has 1 fully saturated rings. The Morgan fingerprint density at radius 1 is 1.24 bits per heavy atom. The van der Waals surface area contributed by atoms with E-state index in [0.717, 1.165) is 29.9 Å². The van der Waals surface area contributed by atoms with Gasteiger partial charge in [0.15, 0.2) is 0 Å². The van der Waals surface area contributed by atoms with Crippen LogP contribution in [-0.2, 0) is 0 Å². The molecule has 1 saturated carbocycles. The van der Waals surface area contributed by atoms with Gasteiger partial charge in [0.05, 0.1) is 20.3 Å². The lowest BCUT2D eigenvalue weighted by Crippen LogP contribution is -2.31. The number of hydrogen-bond acceptors (Lipinski definition) is 4. The topological polar surface area (TPSA) is 68.9 Å². The van der Waals surface area contributed by atoms with Crippen molar-refractivity contribution in [1.29, 1.82) is 0 Å². The van der Waals surface area contributed by atoms with Crippen molar-refractivity contribution in [1.82, 2.24) is 5.43 Å². The predicted molar refractivity (Wildman–Crippen MR) is 66.4 cm³/mol. The molecule has 1 aliphatic carbocycles. The highest BCUT2D eigenvalue weighted by atomic mass is 16.5. The fraction of sp³-hybridized carbons (Fsp3) is 0.417. The summed E-state index contributed by atoms with van der Waals surface area (Å²) >= 11 is 0. The van der Waals surface area contributed by atoms with E-state index in [1.54, 1.807) is 14.2 Å². The molecule has 1 aliphatic rings. The lowest BCUT2D eigenvalue weighted by molar-refractivity contribution is 0.394. The zero-order chi connectivity index (χ0) is 12.3. The Morgan fingerprint density at radius 3 is 2.24 bits per heavy atom. The van der Waals surface area contributed by atoms with Crippen LogP contribution in [0.4, 0.5) is 0 Å². The van der Waals surface area contributed by atoms with Gasteiger partial charge in [0.25, 0.3) is 0 Å². The van der Waals surface area contributed by atoms with E-state index in [-0.39, 0.29) is 0 Å². The van der Waals surface area contributed by atoms with Crippen molar-refractivity contribution in [2.45, 2.75) is 18.9 Å². The molecular formula is C12H17N3O2. The minimum Gasteiger partial charge on any atom is -0.497 e. The lowest BCUT2D eigenvalue weighted by atomic mass is 10.2. The monoisotopic (exact) mass is 235 g/mol. The summed E-state index contributed by atoms with van der Waals surface area (Å²) < 4.78 is 10.4. The van der Waals surface area contributed by atoms with Crippen LogP contribution in [0.15, 0.2) is 23.2 Å². The summed E-state index contributed by atoms with van der Waals surface area (Å²) in [5.74, 6) is 7.61. The highest BCUT2D eigenvalue weighted by Crippen LogP contribution is 2.26. The number of hydrazine groups is 1. The van der Waals surface area contributed by atoms with Crippen LogP contribution in [0.2, 0.25) is 0 Å². The zero-order valence-electron chi connectivity index (χ0n) is 10.1. The first-order chi connectivity index (χ1) is 8.26. The van der Waals surface area contributed by atoms with Gasteiger partial charge in [0.1, 0.15) is 17.3 Å².